The minimum atomic E-state index is -0.771. The van der Waals surface area contributed by atoms with Crippen molar-refractivity contribution in [3.8, 4) is 11.3 Å². The maximum Gasteiger partial charge on any atom is 0.256 e. The number of amides is 1. The molecule has 0 aliphatic heterocycles. The largest absolute Gasteiger partial charge is 0.382 e. The highest BCUT2D eigenvalue weighted by Gasteiger charge is 2.24. The number of imidazole rings is 1. The first kappa shape index (κ1) is 24.6. The summed E-state index contributed by atoms with van der Waals surface area (Å²) in [7, 11) is 0. The Morgan fingerprint density at radius 2 is 1.97 bits per heavy atom. The van der Waals surface area contributed by atoms with E-state index in [1.165, 1.54) is 25.7 Å². The van der Waals surface area contributed by atoms with Crippen LogP contribution in [0.25, 0.3) is 16.8 Å². The molecule has 0 bridgehead atoms. The fourth-order valence-corrected chi connectivity index (χ4v) is 4.96. The molecule has 37 heavy (non-hydrogen) atoms. The van der Waals surface area contributed by atoms with Gasteiger partial charge in [0.2, 0.25) is 0 Å². The van der Waals surface area contributed by atoms with Crippen LogP contribution in [0.4, 0.5) is 11.6 Å². The molecule has 9 heteroatoms. The van der Waals surface area contributed by atoms with Gasteiger partial charge in [0.25, 0.3) is 5.91 Å². The van der Waals surface area contributed by atoms with Crippen molar-refractivity contribution in [1.29, 1.82) is 0 Å². The molecule has 0 saturated heterocycles. The van der Waals surface area contributed by atoms with Gasteiger partial charge in [-0.05, 0) is 49.1 Å². The lowest BCUT2D eigenvalue weighted by atomic mass is 10.1. The van der Waals surface area contributed by atoms with Gasteiger partial charge in [0.1, 0.15) is 34.9 Å². The highest BCUT2D eigenvalue weighted by Crippen LogP contribution is 2.30. The minimum absolute atomic E-state index is 0.247. The number of carbonyl (C=O) groups is 1. The smallest absolute Gasteiger partial charge is 0.256 e. The van der Waals surface area contributed by atoms with Gasteiger partial charge in [-0.1, -0.05) is 37.6 Å². The van der Waals surface area contributed by atoms with Gasteiger partial charge in [-0.25, -0.2) is 15.0 Å². The van der Waals surface area contributed by atoms with Gasteiger partial charge in [0.15, 0.2) is 0 Å². The molecular weight excluding hydrogens is 466 g/mol. The van der Waals surface area contributed by atoms with Crippen LogP contribution in [0.15, 0.2) is 73.7 Å². The summed E-state index contributed by atoms with van der Waals surface area (Å²) >= 11 is 0. The Labute approximate surface area is 215 Å². The molecule has 4 aromatic rings. The molecule has 1 aromatic carbocycles. The molecule has 3 heterocycles. The highest BCUT2D eigenvalue weighted by atomic mass is 16.3. The first-order valence-corrected chi connectivity index (χ1v) is 12.5. The molecular formula is C28H31N7O2. The van der Waals surface area contributed by atoms with E-state index in [1.54, 1.807) is 42.7 Å². The number of nitrogens with one attached hydrogen (secondary N) is 1. The van der Waals surface area contributed by atoms with Gasteiger partial charge in [0.05, 0.1) is 6.54 Å². The summed E-state index contributed by atoms with van der Waals surface area (Å²) in [5, 5.41) is 13.5. The Morgan fingerprint density at radius 1 is 1.19 bits per heavy atom. The Bertz CT molecular complexity index is 1380. The van der Waals surface area contributed by atoms with E-state index >= 15 is 0 Å². The van der Waals surface area contributed by atoms with Gasteiger partial charge in [0, 0.05) is 36.3 Å². The van der Waals surface area contributed by atoms with Crippen molar-refractivity contribution in [2.75, 3.05) is 17.6 Å². The molecule has 3 aromatic heterocycles. The number of aliphatic hydroxyl groups excluding tert-OH is 1. The molecule has 5 rings (SSSR count). The summed E-state index contributed by atoms with van der Waals surface area (Å²) < 4.78 is 1.93. The van der Waals surface area contributed by atoms with Crippen LogP contribution in [-0.4, -0.2) is 48.0 Å². The lowest BCUT2D eigenvalue weighted by Gasteiger charge is -2.27. The first-order chi connectivity index (χ1) is 18.0. The number of nitrogens with zero attached hydrogens (tertiary/aromatic N) is 5. The van der Waals surface area contributed by atoms with Gasteiger partial charge in [-0.2, -0.15) is 0 Å². The number of benzene rings is 1. The highest BCUT2D eigenvalue weighted by molar-refractivity contribution is 6.04. The van der Waals surface area contributed by atoms with E-state index < -0.39 is 6.23 Å². The van der Waals surface area contributed by atoms with Crippen molar-refractivity contribution < 1.29 is 9.90 Å². The Kier molecular flexibility index (Phi) is 7.25. The van der Waals surface area contributed by atoms with Gasteiger partial charge in [-0.15, -0.1) is 0 Å². The molecule has 9 nitrogen and oxygen atoms in total. The first-order valence-electron chi connectivity index (χ1n) is 12.5. The summed E-state index contributed by atoms with van der Waals surface area (Å²) in [6.45, 7) is 5.00. The van der Waals surface area contributed by atoms with Crippen LogP contribution in [0.1, 0.15) is 41.9 Å². The maximum atomic E-state index is 12.6. The summed E-state index contributed by atoms with van der Waals surface area (Å²) in [4.78, 5) is 28.0. The second kappa shape index (κ2) is 10.9. The summed E-state index contributed by atoms with van der Waals surface area (Å²) in [5.74, 6) is 1.90. The van der Waals surface area contributed by atoms with E-state index in [4.69, 9.17) is 10.7 Å². The molecule has 1 amide bonds. The number of pyridine rings is 1. The van der Waals surface area contributed by atoms with E-state index in [0.29, 0.717) is 40.9 Å². The molecule has 0 spiro atoms. The second-order valence-corrected chi connectivity index (χ2v) is 9.38. The number of aliphatic hydroxyl groups is 1. The molecule has 1 aliphatic carbocycles. The van der Waals surface area contributed by atoms with E-state index in [9.17, 15) is 9.90 Å². The minimum Gasteiger partial charge on any atom is -0.382 e. The molecule has 1 aliphatic rings. The lowest BCUT2D eigenvalue weighted by molar-refractivity contribution is 0.0225. The number of fused-ring (bicyclic) bond motifs is 1. The van der Waals surface area contributed by atoms with Crippen LogP contribution < -0.4 is 11.1 Å². The van der Waals surface area contributed by atoms with Gasteiger partial charge in [-0.3, -0.25) is 14.1 Å². The third-order valence-electron chi connectivity index (χ3n) is 6.88. The number of nitrogens with two attached hydrogens (primary N) is 1. The molecule has 1 saturated carbocycles. The van der Waals surface area contributed by atoms with E-state index in [0.717, 1.165) is 17.9 Å². The van der Waals surface area contributed by atoms with Crippen molar-refractivity contribution in [2.24, 2.45) is 5.92 Å². The zero-order chi connectivity index (χ0) is 25.8. The van der Waals surface area contributed by atoms with Crippen molar-refractivity contribution in [1.82, 2.24) is 24.3 Å². The average Bonchev–Trinajstić information content (AvgIpc) is 3.57. The molecule has 4 N–H and O–H groups in total. The monoisotopic (exact) mass is 497 g/mol. The van der Waals surface area contributed by atoms with E-state index in [-0.39, 0.29) is 5.91 Å². The van der Waals surface area contributed by atoms with Crippen molar-refractivity contribution >= 4 is 23.1 Å². The predicted molar refractivity (Wildman–Crippen MR) is 144 cm³/mol. The molecule has 190 valence electrons. The zero-order valence-corrected chi connectivity index (χ0v) is 20.6. The second-order valence-electron chi connectivity index (χ2n) is 9.38. The topological polar surface area (TPSA) is 122 Å². The van der Waals surface area contributed by atoms with Crippen LogP contribution in [-0.2, 0) is 6.54 Å². The fourth-order valence-electron chi connectivity index (χ4n) is 4.96. The van der Waals surface area contributed by atoms with Crippen LogP contribution >= 0.6 is 0 Å². The number of nitrogen functional groups attached to an aromatic ring is 1. The summed E-state index contributed by atoms with van der Waals surface area (Å²) in [6, 6.07) is 12.5. The predicted octanol–water partition coefficient (Wildman–Crippen LogP) is 4.12. The summed E-state index contributed by atoms with van der Waals surface area (Å²) in [5.41, 5.74) is 8.97. The number of hydrogen-bond donors (Lipinski definition) is 3. The average molecular weight is 498 g/mol. The Balaban J connectivity index is 1.44. The van der Waals surface area contributed by atoms with Crippen molar-refractivity contribution in [3.05, 3.63) is 85.1 Å². The quantitative estimate of drug-likeness (QED) is 0.235. The van der Waals surface area contributed by atoms with Gasteiger partial charge >= 0.3 is 0 Å². The number of hydrogen-bond acceptors (Lipinski definition) is 7. The zero-order valence-electron chi connectivity index (χ0n) is 20.6. The number of anilines is 2. The van der Waals surface area contributed by atoms with Crippen LogP contribution in [0.2, 0.25) is 0 Å². The molecule has 1 atom stereocenters. The van der Waals surface area contributed by atoms with Crippen molar-refractivity contribution in [3.63, 3.8) is 0 Å². The molecule has 0 radical (unpaired) electrons. The van der Waals surface area contributed by atoms with Gasteiger partial charge < -0.3 is 16.2 Å². The third-order valence-corrected chi connectivity index (χ3v) is 6.88. The molecule has 1 fully saturated rings. The Hall–Kier alpha value is -4.08. The number of carbonyl (C=O) groups excluding carboxylic acids is 1. The SMILES string of the molecule is C=CC(O)N(Cc1nc(-c2ccc(C(=O)Nc3ccccn3)cc2)c2c(N)nccn12)CC1CCCC1. The van der Waals surface area contributed by atoms with Crippen molar-refractivity contribution in [2.45, 2.75) is 38.5 Å². The van der Waals surface area contributed by atoms with Crippen LogP contribution in [0.5, 0.6) is 0 Å². The molecule has 1 unspecified atom stereocenters. The standard InChI is InChI=1S/C28H31N7O2/c1-2-24(36)34(17-19-7-3-4-8-19)18-23-33-25(26-27(29)31-15-16-35(23)26)20-10-12-21(13-11-20)28(37)32-22-9-5-6-14-30-22/h2,5-6,9-16,19,24,36H,1,3-4,7-8,17-18H2,(H2,29,31)(H,30,32,37). The number of aromatic nitrogens is 4. The Morgan fingerprint density at radius 3 is 2.68 bits per heavy atom. The normalized spacial score (nSPS) is 14.8. The van der Waals surface area contributed by atoms with E-state index in [2.05, 4.69) is 21.9 Å². The van der Waals surface area contributed by atoms with Crippen LogP contribution in [0.3, 0.4) is 0 Å². The van der Waals surface area contributed by atoms with Crippen LogP contribution in [0, 0.1) is 5.92 Å². The summed E-state index contributed by atoms with van der Waals surface area (Å²) in [6.07, 6.45) is 10.7. The third kappa shape index (κ3) is 5.37. The fraction of sp³-hybridized carbons (Fsp3) is 0.286. The lowest BCUT2D eigenvalue weighted by Crippen LogP contribution is -2.37. The maximum absolute atomic E-state index is 12.6. The van der Waals surface area contributed by atoms with E-state index in [1.807, 2.05) is 33.7 Å². The number of rotatable bonds is 9.